The molecule has 90 valence electrons. The molecule has 1 N–H and O–H groups in total. The molecule has 4 heteroatoms. The van der Waals surface area contributed by atoms with Gasteiger partial charge in [0, 0.05) is 17.4 Å². The van der Waals surface area contributed by atoms with Gasteiger partial charge in [0.1, 0.15) is 0 Å². The fraction of sp³-hybridized carbons (Fsp3) is 0.385. The van der Waals surface area contributed by atoms with Gasteiger partial charge in [-0.15, -0.1) is 0 Å². The molecule has 1 amide bonds. The molecule has 0 unspecified atom stereocenters. The van der Waals surface area contributed by atoms with Gasteiger partial charge >= 0.3 is 0 Å². The number of alkyl halides is 1. The number of carbonyl (C=O) groups excluding carboxylic acids is 1. The van der Waals surface area contributed by atoms with Crippen molar-refractivity contribution in [3.63, 3.8) is 0 Å². The summed E-state index contributed by atoms with van der Waals surface area (Å²) in [6, 6.07) is 9.52. The van der Waals surface area contributed by atoms with Crippen molar-refractivity contribution in [2.45, 2.75) is 19.2 Å². The van der Waals surface area contributed by atoms with Gasteiger partial charge in [-0.25, -0.2) is 0 Å². The van der Waals surface area contributed by atoms with Gasteiger partial charge in [0.2, 0.25) is 0 Å². The Kier molecular flexibility index (Phi) is 4.71. The van der Waals surface area contributed by atoms with Crippen molar-refractivity contribution in [1.29, 1.82) is 5.26 Å². The fourth-order valence-electron chi connectivity index (χ4n) is 1.19. The molecule has 0 atom stereocenters. The number of halogens is 1. The topological polar surface area (TPSA) is 52.9 Å². The van der Waals surface area contributed by atoms with Gasteiger partial charge < -0.3 is 5.32 Å². The van der Waals surface area contributed by atoms with E-state index in [1.165, 1.54) is 0 Å². The van der Waals surface area contributed by atoms with E-state index in [1.54, 1.807) is 26.0 Å². The maximum absolute atomic E-state index is 11.8. The van der Waals surface area contributed by atoms with Crippen LogP contribution in [0.1, 0.15) is 29.8 Å². The van der Waals surface area contributed by atoms with Crippen LogP contribution in [0.5, 0.6) is 0 Å². The largest absolute Gasteiger partial charge is 0.350 e. The van der Waals surface area contributed by atoms with E-state index in [1.807, 2.05) is 12.1 Å². The van der Waals surface area contributed by atoms with Crippen LogP contribution in [0.4, 0.5) is 0 Å². The normalized spacial score (nSPS) is 10.7. The van der Waals surface area contributed by atoms with Crippen LogP contribution >= 0.6 is 15.9 Å². The molecular weight excluding hydrogens is 280 g/mol. The standard InChI is InChI=1S/C13H15BrN2O/c1-13(2,8-15)9-16-12(17)11-5-3-10(7-14)4-6-11/h3-6H,7,9H2,1-2H3,(H,16,17). The zero-order valence-electron chi connectivity index (χ0n) is 9.96. The van der Waals surface area contributed by atoms with E-state index >= 15 is 0 Å². The van der Waals surface area contributed by atoms with E-state index in [4.69, 9.17) is 5.26 Å². The van der Waals surface area contributed by atoms with Crippen LogP contribution in [0, 0.1) is 16.7 Å². The first-order valence-electron chi connectivity index (χ1n) is 5.33. The van der Waals surface area contributed by atoms with Crippen LogP contribution in [0.25, 0.3) is 0 Å². The lowest BCUT2D eigenvalue weighted by atomic mass is 9.96. The van der Waals surface area contributed by atoms with E-state index in [9.17, 15) is 4.79 Å². The highest BCUT2D eigenvalue weighted by atomic mass is 79.9. The molecule has 0 aromatic heterocycles. The highest BCUT2D eigenvalue weighted by Gasteiger charge is 2.17. The quantitative estimate of drug-likeness (QED) is 0.868. The fourth-order valence-corrected chi connectivity index (χ4v) is 1.56. The zero-order chi connectivity index (χ0) is 12.9. The first-order chi connectivity index (χ1) is 7.98. The van der Waals surface area contributed by atoms with E-state index in [0.717, 1.165) is 10.9 Å². The summed E-state index contributed by atoms with van der Waals surface area (Å²) in [5.41, 5.74) is 1.20. The lowest BCUT2D eigenvalue weighted by Gasteiger charge is -2.15. The van der Waals surface area contributed by atoms with Crippen LogP contribution in [0.15, 0.2) is 24.3 Å². The number of nitrogens with one attached hydrogen (secondary N) is 1. The Morgan fingerprint density at radius 1 is 1.41 bits per heavy atom. The van der Waals surface area contributed by atoms with E-state index in [2.05, 4.69) is 27.3 Å². The Balaban J connectivity index is 2.62. The van der Waals surface area contributed by atoms with Gasteiger partial charge in [0.25, 0.3) is 5.91 Å². The molecule has 3 nitrogen and oxygen atoms in total. The molecule has 0 spiro atoms. The molecule has 0 aliphatic carbocycles. The molecule has 0 radical (unpaired) electrons. The molecule has 0 aliphatic rings. The summed E-state index contributed by atoms with van der Waals surface area (Å²) in [6.45, 7) is 3.94. The summed E-state index contributed by atoms with van der Waals surface area (Å²) in [7, 11) is 0. The van der Waals surface area contributed by atoms with Gasteiger partial charge in [-0.1, -0.05) is 28.1 Å². The third-order valence-corrected chi connectivity index (χ3v) is 3.01. The van der Waals surface area contributed by atoms with Gasteiger partial charge in [0.15, 0.2) is 0 Å². The van der Waals surface area contributed by atoms with Crippen LogP contribution in [0.2, 0.25) is 0 Å². The second kappa shape index (κ2) is 5.83. The number of hydrogen-bond acceptors (Lipinski definition) is 2. The summed E-state index contributed by atoms with van der Waals surface area (Å²) < 4.78 is 0. The van der Waals surface area contributed by atoms with Crippen LogP contribution in [0.3, 0.4) is 0 Å². The Bertz CT molecular complexity index is 432. The predicted molar refractivity (Wildman–Crippen MR) is 70.8 cm³/mol. The maximum Gasteiger partial charge on any atom is 0.251 e. The Morgan fingerprint density at radius 3 is 2.47 bits per heavy atom. The molecule has 0 heterocycles. The van der Waals surface area contributed by atoms with E-state index in [0.29, 0.717) is 12.1 Å². The number of nitrogens with zero attached hydrogens (tertiary/aromatic N) is 1. The summed E-state index contributed by atoms with van der Waals surface area (Å²) in [5.74, 6) is -0.144. The number of rotatable bonds is 4. The summed E-state index contributed by atoms with van der Waals surface area (Å²) in [4.78, 5) is 11.8. The highest BCUT2D eigenvalue weighted by molar-refractivity contribution is 9.08. The SMILES string of the molecule is CC(C)(C#N)CNC(=O)c1ccc(CBr)cc1. The predicted octanol–water partition coefficient (Wildman–Crippen LogP) is 2.86. The van der Waals surface area contributed by atoms with Crippen LogP contribution in [-0.2, 0) is 5.33 Å². The molecule has 1 aromatic carbocycles. The number of carbonyl (C=O) groups is 1. The monoisotopic (exact) mass is 294 g/mol. The Hall–Kier alpha value is -1.34. The van der Waals surface area contributed by atoms with Gasteiger partial charge in [-0.3, -0.25) is 4.79 Å². The number of benzene rings is 1. The molecule has 17 heavy (non-hydrogen) atoms. The zero-order valence-corrected chi connectivity index (χ0v) is 11.5. The van der Waals surface area contributed by atoms with E-state index in [-0.39, 0.29) is 5.91 Å². The number of amides is 1. The van der Waals surface area contributed by atoms with E-state index < -0.39 is 5.41 Å². The van der Waals surface area contributed by atoms with Crippen molar-refractivity contribution in [3.8, 4) is 6.07 Å². The van der Waals surface area contributed by atoms with Crippen molar-refractivity contribution in [3.05, 3.63) is 35.4 Å². The average Bonchev–Trinajstić information content (AvgIpc) is 2.36. The van der Waals surface area contributed by atoms with Crippen molar-refractivity contribution in [1.82, 2.24) is 5.32 Å². The van der Waals surface area contributed by atoms with Gasteiger partial charge in [-0.05, 0) is 31.5 Å². The molecule has 0 fully saturated rings. The number of hydrogen-bond donors (Lipinski definition) is 1. The summed E-state index contributed by atoms with van der Waals surface area (Å²) in [6.07, 6.45) is 0. The molecular formula is C13H15BrN2O. The van der Waals surface area contributed by atoms with Crippen molar-refractivity contribution in [2.24, 2.45) is 5.41 Å². The van der Waals surface area contributed by atoms with Crippen LogP contribution in [-0.4, -0.2) is 12.5 Å². The molecule has 1 aromatic rings. The first-order valence-corrected chi connectivity index (χ1v) is 6.45. The summed E-state index contributed by atoms with van der Waals surface area (Å²) in [5, 5.41) is 12.4. The highest BCUT2D eigenvalue weighted by Crippen LogP contribution is 2.12. The molecule has 0 saturated heterocycles. The van der Waals surface area contributed by atoms with Crippen LogP contribution < -0.4 is 5.32 Å². The third kappa shape index (κ3) is 4.20. The maximum atomic E-state index is 11.8. The molecule has 0 saturated carbocycles. The van der Waals surface area contributed by atoms with Gasteiger partial charge in [0.05, 0.1) is 11.5 Å². The number of nitriles is 1. The first kappa shape index (κ1) is 13.7. The van der Waals surface area contributed by atoms with Gasteiger partial charge in [-0.2, -0.15) is 5.26 Å². The average molecular weight is 295 g/mol. The molecule has 1 rings (SSSR count). The lowest BCUT2D eigenvalue weighted by molar-refractivity contribution is 0.0944. The third-order valence-electron chi connectivity index (χ3n) is 2.36. The summed E-state index contributed by atoms with van der Waals surface area (Å²) >= 11 is 3.35. The second-order valence-corrected chi connectivity index (χ2v) is 5.07. The molecule has 0 aliphatic heterocycles. The van der Waals surface area contributed by atoms with Crippen molar-refractivity contribution < 1.29 is 4.79 Å². The van der Waals surface area contributed by atoms with Crippen molar-refractivity contribution in [2.75, 3.05) is 6.54 Å². The van der Waals surface area contributed by atoms with Crippen molar-refractivity contribution >= 4 is 21.8 Å². The Labute approximate surface area is 110 Å². The lowest BCUT2D eigenvalue weighted by Crippen LogP contribution is -2.33. The second-order valence-electron chi connectivity index (χ2n) is 4.51. The minimum absolute atomic E-state index is 0.144. The smallest absolute Gasteiger partial charge is 0.251 e. The molecule has 0 bridgehead atoms. The Morgan fingerprint density at radius 2 is 2.00 bits per heavy atom. The minimum Gasteiger partial charge on any atom is -0.350 e. The minimum atomic E-state index is -0.536.